The van der Waals surface area contributed by atoms with E-state index in [-0.39, 0.29) is 5.97 Å². The fourth-order valence-corrected chi connectivity index (χ4v) is 2.90. The number of carbonyl (C=O) groups excluding carboxylic acids is 1. The highest BCUT2D eigenvalue weighted by molar-refractivity contribution is 5.96. The third-order valence-electron chi connectivity index (χ3n) is 4.00. The van der Waals surface area contributed by atoms with Gasteiger partial charge in [0, 0.05) is 24.0 Å². The van der Waals surface area contributed by atoms with Crippen molar-refractivity contribution in [1.82, 2.24) is 0 Å². The first-order chi connectivity index (χ1) is 9.52. The first-order valence-corrected chi connectivity index (χ1v) is 7.36. The van der Waals surface area contributed by atoms with Gasteiger partial charge in [0.25, 0.3) is 0 Å². The van der Waals surface area contributed by atoms with E-state index in [2.05, 4.69) is 18.7 Å². The summed E-state index contributed by atoms with van der Waals surface area (Å²) >= 11 is 0. The zero-order chi connectivity index (χ0) is 14.7. The number of esters is 1. The summed E-state index contributed by atoms with van der Waals surface area (Å²) in [5, 5.41) is 0. The smallest absolute Gasteiger partial charge is 0.340 e. The third kappa shape index (κ3) is 3.06. The zero-order valence-corrected chi connectivity index (χ0v) is 12.6. The first-order valence-electron chi connectivity index (χ1n) is 7.36. The average molecular weight is 276 g/mol. The van der Waals surface area contributed by atoms with E-state index in [4.69, 9.17) is 10.5 Å². The van der Waals surface area contributed by atoms with Crippen molar-refractivity contribution < 1.29 is 9.53 Å². The Bertz CT molecular complexity index is 487. The minimum atomic E-state index is -0.343. The number of hydrogen-bond acceptors (Lipinski definition) is 4. The van der Waals surface area contributed by atoms with Gasteiger partial charge in [0.15, 0.2) is 0 Å². The molecule has 1 aliphatic rings. The summed E-state index contributed by atoms with van der Waals surface area (Å²) in [4.78, 5) is 14.3. The summed E-state index contributed by atoms with van der Waals surface area (Å²) in [6.45, 7) is 7.71. The summed E-state index contributed by atoms with van der Waals surface area (Å²) in [5.41, 5.74) is 7.89. The minimum Gasteiger partial charge on any atom is -0.462 e. The quantitative estimate of drug-likeness (QED) is 0.681. The van der Waals surface area contributed by atoms with E-state index in [9.17, 15) is 4.79 Å². The maximum absolute atomic E-state index is 11.9. The Morgan fingerprint density at radius 2 is 2.20 bits per heavy atom. The first kappa shape index (κ1) is 14.7. The molecule has 1 fully saturated rings. The second-order valence-corrected chi connectivity index (χ2v) is 5.66. The van der Waals surface area contributed by atoms with Gasteiger partial charge in [-0.05, 0) is 50.8 Å². The maximum Gasteiger partial charge on any atom is 0.340 e. The molecule has 1 heterocycles. The lowest BCUT2D eigenvalue weighted by Crippen LogP contribution is -2.40. The van der Waals surface area contributed by atoms with Gasteiger partial charge < -0.3 is 15.4 Å². The van der Waals surface area contributed by atoms with Crippen LogP contribution in [0, 0.1) is 5.92 Å². The van der Waals surface area contributed by atoms with Gasteiger partial charge in [-0.25, -0.2) is 4.79 Å². The number of anilines is 2. The van der Waals surface area contributed by atoms with Crippen LogP contribution in [0.15, 0.2) is 18.2 Å². The molecule has 1 aliphatic heterocycles. The Hall–Kier alpha value is -1.71. The molecular formula is C16H24N2O2. The second kappa shape index (κ2) is 6.16. The number of nitrogen functional groups attached to an aromatic ring is 1. The van der Waals surface area contributed by atoms with Crippen molar-refractivity contribution in [2.75, 3.05) is 23.8 Å². The van der Waals surface area contributed by atoms with Gasteiger partial charge in [-0.1, -0.05) is 6.92 Å². The molecule has 0 bridgehead atoms. The number of carbonyl (C=O) groups is 1. The van der Waals surface area contributed by atoms with Crippen molar-refractivity contribution in [3.05, 3.63) is 23.8 Å². The molecule has 1 aromatic rings. The Morgan fingerprint density at radius 1 is 1.45 bits per heavy atom. The third-order valence-corrected chi connectivity index (χ3v) is 4.00. The topological polar surface area (TPSA) is 55.6 Å². The molecule has 0 aliphatic carbocycles. The summed E-state index contributed by atoms with van der Waals surface area (Å²) in [6, 6.07) is 6.13. The number of benzene rings is 1. The van der Waals surface area contributed by atoms with E-state index >= 15 is 0 Å². The van der Waals surface area contributed by atoms with Crippen molar-refractivity contribution in [1.29, 1.82) is 0 Å². The van der Waals surface area contributed by atoms with E-state index in [1.165, 1.54) is 12.8 Å². The molecule has 0 radical (unpaired) electrons. The van der Waals surface area contributed by atoms with Crippen LogP contribution in [0.3, 0.4) is 0 Å². The average Bonchev–Trinajstić information content (AvgIpc) is 2.40. The molecule has 1 saturated heterocycles. The Labute approximate surface area is 120 Å². The molecule has 0 saturated carbocycles. The second-order valence-electron chi connectivity index (χ2n) is 5.66. The van der Waals surface area contributed by atoms with Crippen LogP contribution in [0.25, 0.3) is 0 Å². The van der Waals surface area contributed by atoms with Crippen LogP contribution in [-0.2, 0) is 4.74 Å². The summed E-state index contributed by atoms with van der Waals surface area (Å²) in [7, 11) is 0. The van der Waals surface area contributed by atoms with E-state index in [1.807, 2.05) is 12.1 Å². The molecule has 2 N–H and O–H groups in total. The van der Waals surface area contributed by atoms with E-state index < -0.39 is 0 Å². The number of nitrogens with two attached hydrogens (primary N) is 1. The predicted molar refractivity (Wildman–Crippen MR) is 82.0 cm³/mol. The fraction of sp³-hybridized carbons (Fsp3) is 0.562. The number of nitrogens with zero attached hydrogens (tertiary/aromatic N) is 1. The monoisotopic (exact) mass is 276 g/mol. The lowest BCUT2D eigenvalue weighted by atomic mass is 9.93. The van der Waals surface area contributed by atoms with Crippen LogP contribution < -0.4 is 10.6 Å². The van der Waals surface area contributed by atoms with E-state index in [0.717, 1.165) is 18.2 Å². The van der Waals surface area contributed by atoms with Crippen molar-refractivity contribution in [2.24, 2.45) is 5.92 Å². The van der Waals surface area contributed by atoms with Gasteiger partial charge in [0.05, 0.1) is 12.2 Å². The Balaban J connectivity index is 2.25. The molecule has 2 rings (SSSR count). The minimum absolute atomic E-state index is 0.343. The van der Waals surface area contributed by atoms with E-state index in [1.54, 1.807) is 13.0 Å². The SMILES string of the molecule is CCOC(=O)c1cc(N2CCC(C)CC2C)ccc1N. The fourth-order valence-electron chi connectivity index (χ4n) is 2.90. The lowest BCUT2D eigenvalue weighted by Gasteiger charge is -2.38. The Morgan fingerprint density at radius 3 is 2.85 bits per heavy atom. The normalized spacial score (nSPS) is 22.6. The van der Waals surface area contributed by atoms with Crippen LogP contribution in [0.2, 0.25) is 0 Å². The van der Waals surface area contributed by atoms with Crippen LogP contribution in [0.5, 0.6) is 0 Å². The van der Waals surface area contributed by atoms with Crippen molar-refractivity contribution in [3.8, 4) is 0 Å². The molecule has 0 spiro atoms. The van der Waals surface area contributed by atoms with Crippen molar-refractivity contribution in [3.63, 3.8) is 0 Å². The number of hydrogen-bond donors (Lipinski definition) is 1. The van der Waals surface area contributed by atoms with Crippen LogP contribution >= 0.6 is 0 Å². The molecule has 0 amide bonds. The summed E-state index contributed by atoms with van der Waals surface area (Å²) in [6.07, 6.45) is 2.36. The molecule has 1 aromatic carbocycles. The van der Waals surface area contributed by atoms with Crippen molar-refractivity contribution in [2.45, 2.75) is 39.7 Å². The molecule has 20 heavy (non-hydrogen) atoms. The van der Waals surface area contributed by atoms with Gasteiger partial charge in [-0.3, -0.25) is 0 Å². The molecule has 2 unspecified atom stereocenters. The maximum atomic E-state index is 11.9. The zero-order valence-electron chi connectivity index (χ0n) is 12.6. The predicted octanol–water partition coefficient (Wildman–Crippen LogP) is 3.07. The Kier molecular flexibility index (Phi) is 4.53. The van der Waals surface area contributed by atoms with Crippen LogP contribution in [0.1, 0.15) is 44.0 Å². The summed E-state index contributed by atoms with van der Waals surface area (Å²) < 4.78 is 5.06. The molecular weight excluding hydrogens is 252 g/mol. The standard InChI is InChI=1S/C16H24N2O2/c1-4-20-16(19)14-10-13(5-6-15(14)17)18-8-7-11(2)9-12(18)3/h5-6,10-12H,4,7-9,17H2,1-3H3. The molecule has 4 nitrogen and oxygen atoms in total. The largest absolute Gasteiger partial charge is 0.462 e. The van der Waals surface area contributed by atoms with Gasteiger partial charge in [0.2, 0.25) is 0 Å². The van der Waals surface area contributed by atoms with Crippen LogP contribution in [-0.4, -0.2) is 25.2 Å². The van der Waals surface area contributed by atoms with Gasteiger partial charge in [-0.2, -0.15) is 0 Å². The molecule has 0 aromatic heterocycles. The lowest BCUT2D eigenvalue weighted by molar-refractivity contribution is 0.0527. The van der Waals surface area contributed by atoms with E-state index in [0.29, 0.717) is 23.9 Å². The highest BCUT2D eigenvalue weighted by Gasteiger charge is 2.24. The highest BCUT2D eigenvalue weighted by Crippen LogP contribution is 2.30. The molecule has 2 atom stereocenters. The number of ether oxygens (including phenoxy) is 1. The number of piperidine rings is 1. The molecule has 4 heteroatoms. The van der Waals surface area contributed by atoms with Crippen LogP contribution in [0.4, 0.5) is 11.4 Å². The molecule has 110 valence electrons. The van der Waals surface area contributed by atoms with Gasteiger partial charge >= 0.3 is 5.97 Å². The number of rotatable bonds is 3. The van der Waals surface area contributed by atoms with Gasteiger partial charge in [-0.15, -0.1) is 0 Å². The van der Waals surface area contributed by atoms with Gasteiger partial charge in [0.1, 0.15) is 0 Å². The summed E-state index contributed by atoms with van der Waals surface area (Å²) in [5.74, 6) is 0.421. The van der Waals surface area contributed by atoms with Crippen molar-refractivity contribution >= 4 is 17.3 Å². The highest BCUT2D eigenvalue weighted by atomic mass is 16.5.